The lowest BCUT2D eigenvalue weighted by molar-refractivity contribution is -0.192. The van der Waals surface area contributed by atoms with Crippen LogP contribution >= 0.6 is 15.9 Å². The summed E-state index contributed by atoms with van der Waals surface area (Å²) in [6.07, 6.45) is 1.21. The molecule has 1 spiro atoms. The minimum atomic E-state index is -5.08. The van der Waals surface area contributed by atoms with Crippen molar-refractivity contribution >= 4 is 54.6 Å². The Balaban J connectivity index is 0.000000451. The van der Waals surface area contributed by atoms with Crippen LogP contribution in [0.1, 0.15) is 18.4 Å². The van der Waals surface area contributed by atoms with Gasteiger partial charge in [-0.25, -0.2) is 22.2 Å². The number of pyridine rings is 1. The lowest BCUT2D eigenvalue weighted by Crippen LogP contribution is -2.46. The molecule has 11 nitrogen and oxygen atoms in total. The summed E-state index contributed by atoms with van der Waals surface area (Å²) in [4.78, 5) is 28.9. The summed E-state index contributed by atoms with van der Waals surface area (Å²) in [6.45, 7) is 1.41. The van der Waals surface area contributed by atoms with Crippen molar-refractivity contribution in [1.82, 2.24) is 24.1 Å². The molecule has 16 heteroatoms. The molecule has 3 aromatic heterocycles. The lowest BCUT2D eigenvalue weighted by atomic mass is 9.73. The summed E-state index contributed by atoms with van der Waals surface area (Å²) in [5, 5.41) is 15.4. The second-order valence-corrected chi connectivity index (χ2v) is 12.4. The second kappa shape index (κ2) is 10.5. The minimum Gasteiger partial charge on any atom is -0.475 e. The van der Waals surface area contributed by atoms with Crippen LogP contribution in [0, 0.1) is 0 Å². The number of nitrogens with zero attached hydrogens (tertiary/aromatic N) is 5. The molecule has 4 aromatic rings. The maximum atomic E-state index is 14.0. The number of likely N-dealkylation sites (N-methyl/N-ethyl adjacent to an activating group) is 1. The molecule has 1 aromatic carbocycles. The molecule has 0 radical (unpaired) electrons. The van der Waals surface area contributed by atoms with E-state index in [1.54, 1.807) is 72.6 Å². The third kappa shape index (κ3) is 4.66. The Morgan fingerprint density at radius 2 is 1.74 bits per heavy atom. The molecule has 2 N–H and O–H groups in total. The number of anilines is 1. The van der Waals surface area contributed by atoms with Crippen molar-refractivity contribution in [2.45, 2.75) is 29.3 Å². The first-order valence-corrected chi connectivity index (χ1v) is 14.8. The van der Waals surface area contributed by atoms with Crippen molar-refractivity contribution in [1.29, 1.82) is 0 Å². The van der Waals surface area contributed by atoms with E-state index in [1.165, 1.54) is 3.97 Å². The number of carbonyl (C=O) groups is 2. The van der Waals surface area contributed by atoms with Crippen LogP contribution in [-0.2, 0) is 32.1 Å². The van der Waals surface area contributed by atoms with Crippen molar-refractivity contribution < 1.29 is 36.3 Å². The van der Waals surface area contributed by atoms with E-state index in [0.717, 1.165) is 11.3 Å². The van der Waals surface area contributed by atoms with Crippen LogP contribution in [0.4, 0.5) is 18.9 Å². The Hall–Kier alpha value is -3.76. The van der Waals surface area contributed by atoms with Crippen molar-refractivity contribution in [3.05, 3.63) is 59.0 Å². The highest BCUT2D eigenvalue weighted by molar-refractivity contribution is 9.10. The number of hydrogen-bond acceptors (Lipinski definition) is 7. The standard InChI is InChI=1S/C24H23BrN6O3S.C2HF3O2/c1-29-14-15(12-28-29)21-20(25)18-19-17(30(2)23(32)24(19)8-10-26-11-9-24)13-27-22(18)31(21)35(33,34)16-6-4-3-5-7-16;3-2(4,5)1(6)7/h3-7,12-14,26H,8-11H2,1-2H3;(H,6,7). The van der Waals surface area contributed by atoms with Crippen molar-refractivity contribution in [3.63, 3.8) is 0 Å². The number of halogens is 4. The maximum Gasteiger partial charge on any atom is 0.490 e. The normalized spacial score (nSPS) is 16.4. The van der Waals surface area contributed by atoms with Crippen molar-refractivity contribution in [3.8, 4) is 11.3 Å². The monoisotopic (exact) mass is 668 g/mol. The van der Waals surface area contributed by atoms with Gasteiger partial charge in [-0.15, -0.1) is 0 Å². The number of hydrogen-bond donors (Lipinski definition) is 2. The van der Waals surface area contributed by atoms with E-state index in [2.05, 4.69) is 31.3 Å². The topological polar surface area (TPSA) is 139 Å². The first-order valence-electron chi connectivity index (χ1n) is 12.5. The van der Waals surface area contributed by atoms with Gasteiger partial charge < -0.3 is 15.3 Å². The molecule has 0 atom stereocenters. The van der Waals surface area contributed by atoms with Gasteiger partial charge in [0.05, 0.1) is 38.6 Å². The number of aliphatic carboxylic acids is 1. The predicted octanol–water partition coefficient (Wildman–Crippen LogP) is 3.67. The molecule has 1 fully saturated rings. The average molecular weight is 669 g/mol. The third-order valence-corrected chi connectivity index (χ3v) is 9.85. The van der Waals surface area contributed by atoms with Crippen LogP contribution in [0.25, 0.3) is 22.3 Å². The van der Waals surface area contributed by atoms with Crippen LogP contribution in [0.2, 0.25) is 0 Å². The van der Waals surface area contributed by atoms with Gasteiger partial charge in [0.2, 0.25) is 5.91 Å². The quantitative estimate of drug-likeness (QED) is 0.337. The zero-order chi connectivity index (χ0) is 30.6. The van der Waals surface area contributed by atoms with Gasteiger partial charge in [-0.2, -0.15) is 18.3 Å². The molecular formula is C26H24BrF3N6O5S. The molecule has 2 aliphatic heterocycles. The van der Waals surface area contributed by atoms with E-state index in [4.69, 9.17) is 9.90 Å². The fraction of sp³-hybridized carbons (Fsp3) is 0.308. The first kappa shape index (κ1) is 29.7. The number of fused-ring (bicyclic) bond motifs is 4. The van der Waals surface area contributed by atoms with E-state index in [1.807, 2.05) is 0 Å². The van der Waals surface area contributed by atoms with Crippen LogP contribution < -0.4 is 10.2 Å². The Kier molecular flexibility index (Phi) is 7.43. The number of carboxylic acids is 1. The molecule has 0 unspecified atom stereocenters. The molecule has 5 heterocycles. The van der Waals surface area contributed by atoms with Crippen LogP contribution in [0.15, 0.2) is 58.3 Å². The summed E-state index contributed by atoms with van der Waals surface area (Å²) in [5.41, 5.74) is 2.19. The predicted molar refractivity (Wildman–Crippen MR) is 150 cm³/mol. The third-order valence-electron chi connectivity index (χ3n) is 7.37. The smallest absolute Gasteiger partial charge is 0.475 e. The van der Waals surface area contributed by atoms with E-state index in [0.29, 0.717) is 52.7 Å². The lowest BCUT2D eigenvalue weighted by Gasteiger charge is -2.33. The highest BCUT2D eigenvalue weighted by atomic mass is 79.9. The van der Waals surface area contributed by atoms with Gasteiger partial charge in [0.25, 0.3) is 10.0 Å². The molecular weight excluding hydrogens is 645 g/mol. The summed E-state index contributed by atoms with van der Waals surface area (Å²) in [7, 11) is -0.480. The Morgan fingerprint density at radius 3 is 2.29 bits per heavy atom. The Labute approximate surface area is 246 Å². The number of carbonyl (C=O) groups excluding carboxylic acids is 1. The zero-order valence-electron chi connectivity index (χ0n) is 22.2. The molecule has 1 saturated heterocycles. The molecule has 0 bridgehead atoms. The summed E-state index contributed by atoms with van der Waals surface area (Å²) < 4.78 is 63.3. The molecule has 1 amide bonds. The molecule has 2 aliphatic rings. The molecule has 0 aliphatic carbocycles. The van der Waals surface area contributed by atoms with Crippen molar-refractivity contribution in [2.75, 3.05) is 25.0 Å². The largest absolute Gasteiger partial charge is 0.490 e. The number of carboxylic acid groups (broad SMARTS) is 1. The van der Waals surface area contributed by atoms with Gasteiger partial charge in [0, 0.05) is 36.8 Å². The molecule has 0 saturated carbocycles. The number of amides is 1. The fourth-order valence-electron chi connectivity index (χ4n) is 5.48. The van der Waals surface area contributed by atoms with E-state index >= 15 is 0 Å². The SMILES string of the molecule is CN1C(=O)C2(CCNCC2)c2c1cnc1c2c(Br)c(-c2cnn(C)c2)n1S(=O)(=O)c1ccccc1.O=C(O)C(F)(F)F. The molecule has 222 valence electrons. The number of nitrogens with one attached hydrogen (secondary N) is 1. The highest BCUT2D eigenvalue weighted by Gasteiger charge is 2.52. The summed E-state index contributed by atoms with van der Waals surface area (Å²) in [6, 6.07) is 8.31. The van der Waals surface area contributed by atoms with Gasteiger partial charge in [0.15, 0.2) is 5.65 Å². The average Bonchev–Trinajstić information content (AvgIpc) is 3.58. The van der Waals surface area contributed by atoms with Gasteiger partial charge in [0.1, 0.15) is 0 Å². The summed E-state index contributed by atoms with van der Waals surface area (Å²) >= 11 is 3.75. The Bertz CT molecular complexity index is 1820. The second-order valence-electron chi connectivity index (χ2n) is 9.86. The highest BCUT2D eigenvalue weighted by Crippen LogP contribution is 2.53. The fourth-order valence-corrected chi connectivity index (χ4v) is 7.89. The number of piperidine rings is 1. The first-order chi connectivity index (χ1) is 19.7. The van der Waals surface area contributed by atoms with Gasteiger partial charge >= 0.3 is 12.1 Å². The number of alkyl halides is 3. The number of rotatable bonds is 3. The van der Waals surface area contributed by atoms with Gasteiger partial charge in [-0.1, -0.05) is 18.2 Å². The van der Waals surface area contributed by atoms with Gasteiger partial charge in [-0.05, 0) is 54.0 Å². The van der Waals surface area contributed by atoms with Crippen LogP contribution in [-0.4, -0.2) is 70.5 Å². The van der Waals surface area contributed by atoms with Gasteiger partial charge in [-0.3, -0.25) is 9.48 Å². The maximum absolute atomic E-state index is 14.0. The number of aromatic nitrogens is 4. The van der Waals surface area contributed by atoms with E-state index < -0.39 is 27.6 Å². The summed E-state index contributed by atoms with van der Waals surface area (Å²) in [5.74, 6) is -2.73. The molecule has 42 heavy (non-hydrogen) atoms. The minimum absolute atomic E-state index is 0.0248. The van der Waals surface area contributed by atoms with E-state index in [9.17, 15) is 26.4 Å². The zero-order valence-corrected chi connectivity index (χ0v) is 24.6. The van der Waals surface area contributed by atoms with Crippen molar-refractivity contribution in [2.24, 2.45) is 7.05 Å². The van der Waals surface area contributed by atoms with Crippen LogP contribution in [0.5, 0.6) is 0 Å². The van der Waals surface area contributed by atoms with Crippen LogP contribution in [0.3, 0.4) is 0 Å². The molecule has 6 rings (SSSR count). The van der Waals surface area contributed by atoms with E-state index in [-0.39, 0.29) is 10.8 Å². The number of aryl methyl sites for hydroxylation is 1. The Morgan fingerprint density at radius 1 is 1.12 bits per heavy atom. The number of benzene rings is 1.